The van der Waals surface area contributed by atoms with Gasteiger partial charge in [0.2, 0.25) is 5.91 Å². The molecule has 0 saturated carbocycles. The molecular formula is C19H28N2O2. The van der Waals surface area contributed by atoms with E-state index in [1.807, 2.05) is 36.9 Å². The number of amides is 1. The summed E-state index contributed by atoms with van der Waals surface area (Å²) in [5.41, 5.74) is 2.20. The van der Waals surface area contributed by atoms with Gasteiger partial charge in [0.05, 0.1) is 13.2 Å². The van der Waals surface area contributed by atoms with Crippen LogP contribution in [0.2, 0.25) is 0 Å². The molecule has 23 heavy (non-hydrogen) atoms. The Labute approximate surface area is 139 Å². The first-order valence-corrected chi connectivity index (χ1v) is 8.36. The fraction of sp³-hybridized carbons (Fsp3) is 0.526. The normalized spacial score (nSPS) is 16.7. The Morgan fingerprint density at radius 1 is 1.26 bits per heavy atom. The van der Waals surface area contributed by atoms with Crippen LogP contribution in [-0.4, -0.2) is 54.6 Å². The Bertz CT molecular complexity index is 517. The van der Waals surface area contributed by atoms with E-state index in [4.69, 9.17) is 4.74 Å². The number of allylic oxidation sites excluding steroid dienone is 1. The largest absolute Gasteiger partial charge is 0.379 e. The van der Waals surface area contributed by atoms with E-state index in [9.17, 15) is 4.79 Å². The molecular weight excluding hydrogens is 288 g/mol. The number of carbonyl (C=O) groups is 1. The Morgan fingerprint density at radius 3 is 2.52 bits per heavy atom. The van der Waals surface area contributed by atoms with Crippen molar-refractivity contribution in [3.8, 4) is 0 Å². The molecule has 0 radical (unpaired) electrons. The molecule has 2 rings (SSSR count). The number of hydrogen-bond acceptors (Lipinski definition) is 3. The molecule has 4 nitrogen and oxygen atoms in total. The fourth-order valence-corrected chi connectivity index (χ4v) is 2.82. The SMILES string of the molecule is CC(C)=CC(=O)N(Cc1ccccc1)[C@@H](C)CN1CCOCC1. The van der Waals surface area contributed by atoms with Crippen molar-refractivity contribution in [2.75, 3.05) is 32.8 Å². The Kier molecular flexibility index (Phi) is 6.81. The second-order valence-corrected chi connectivity index (χ2v) is 6.44. The molecule has 1 aliphatic rings. The van der Waals surface area contributed by atoms with Crippen LogP contribution in [-0.2, 0) is 16.1 Å². The van der Waals surface area contributed by atoms with Gasteiger partial charge in [-0.25, -0.2) is 0 Å². The van der Waals surface area contributed by atoms with Crippen LogP contribution in [0.1, 0.15) is 26.3 Å². The average Bonchev–Trinajstić information content (AvgIpc) is 2.53. The van der Waals surface area contributed by atoms with Crippen molar-refractivity contribution < 1.29 is 9.53 Å². The predicted octanol–water partition coefficient (Wildman–Crippen LogP) is 2.70. The van der Waals surface area contributed by atoms with Crippen LogP contribution in [0, 0.1) is 0 Å². The van der Waals surface area contributed by atoms with Crippen LogP contribution in [0.4, 0.5) is 0 Å². The highest BCUT2D eigenvalue weighted by atomic mass is 16.5. The molecule has 0 bridgehead atoms. The summed E-state index contributed by atoms with van der Waals surface area (Å²) in [5, 5.41) is 0. The number of carbonyl (C=O) groups excluding carboxylic acids is 1. The lowest BCUT2D eigenvalue weighted by atomic mass is 10.1. The molecule has 1 aliphatic heterocycles. The van der Waals surface area contributed by atoms with Crippen molar-refractivity contribution in [2.24, 2.45) is 0 Å². The van der Waals surface area contributed by atoms with Crippen molar-refractivity contribution in [2.45, 2.75) is 33.4 Å². The first kappa shape index (κ1) is 17.7. The second-order valence-electron chi connectivity index (χ2n) is 6.44. The van der Waals surface area contributed by atoms with E-state index >= 15 is 0 Å². The molecule has 0 aliphatic carbocycles. The maximum atomic E-state index is 12.6. The van der Waals surface area contributed by atoms with Crippen molar-refractivity contribution in [3.05, 3.63) is 47.5 Å². The van der Waals surface area contributed by atoms with Gasteiger partial charge in [0.1, 0.15) is 0 Å². The number of morpholine rings is 1. The number of nitrogens with zero attached hydrogens (tertiary/aromatic N) is 2. The zero-order valence-corrected chi connectivity index (χ0v) is 14.5. The standard InChI is InChI=1S/C19H28N2O2/c1-16(2)13-19(22)21(15-18-7-5-4-6-8-18)17(3)14-20-9-11-23-12-10-20/h4-8,13,17H,9-12,14-15H2,1-3H3/t17-/m0/s1. The topological polar surface area (TPSA) is 32.8 Å². The Morgan fingerprint density at radius 2 is 1.91 bits per heavy atom. The van der Waals surface area contributed by atoms with Crippen LogP contribution in [0.25, 0.3) is 0 Å². The maximum Gasteiger partial charge on any atom is 0.247 e. The summed E-state index contributed by atoms with van der Waals surface area (Å²) in [6, 6.07) is 10.4. The van der Waals surface area contributed by atoms with Gasteiger partial charge in [-0.2, -0.15) is 0 Å². The first-order chi connectivity index (χ1) is 11.1. The Balaban J connectivity index is 2.07. The lowest BCUT2D eigenvalue weighted by molar-refractivity contribution is -0.129. The second kappa shape index (κ2) is 8.85. The molecule has 0 spiro atoms. The molecule has 1 amide bonds. The van der Waals surface area contributed by atoms with Gasteiger partial charge in [-0.05, 0) is 26.3 Å². The molecule has 1 aromatic carbocycles. The molecule has 1 fully saturated rings. The minimum absolute atomic E-state index is 0.0922. The monoisotopic (exact) mass is 316 g/mol. The number of hydrogen-bond donors (Lipinski definition) is 0. The molecule has 4 heteroatoms. The lowest BCUT2D eigenvalue weighted by Crippen LogP contribution is -2.47. The van der Waals surface area contributed by atoms with E-state index in [2.05, 4.69) is 24.0 Å². The predicted molar refractivity (Wildman–Crippen MR) is 93.1 cm³/mol. The molecule has 1 atom stereocenters. The third-order valence-electron chi connectivity index (χ3n) is 4.05. The van der Waals surface area contributed by atoms with Crippen molar-refractivity contribution in [3.63, 3.8) is 0 Å². The lowest BCUT2D eigenvalue weighted by Gasteiger charge is -2.34. The Hall–Kier alpha value is -1.65. The third-order valence-corrected chi connectivity index (χ3v) is 4.05. The number of benzene rings is 1. The van der Waals surface area contributed by atoms with Gasteiger partial charge in [0.15, 0.2) is 0 Å². The van der Waals surface area contributed by atoms with Crippen molar-refractivity contribution >= 4 is 5.91 Å². The highest BCUT2D eigenvalue weighted by molar-refractivity contribution is 5.88. The molecule has 0 N–H and O–H groups in total. The minimum Gasteiger partial charge on any atom is -0.379 e. The van der Waals surface area contributed by atoms with E-state index in [-0.39, 0.29) is 11.9 Å². The summed E-state index contributed by atoms with van der Waals surface area (Å²) in [4.78, 5) is 17.0. The van der Waals surface area contributed by atoms with Crippen molar-refractivity contribution in [1.29, 1.82) is 0 Å². The highest BCUT2D eigenvalue weighted by Gasteiger charge is 2.22. The van der Waals surface area contributed by atoms with E-state index in [0.29, 0.717) is 6.54 Å². The van der Waals surface area contributed by atoms with Crippen LogP contribution >= 0.6 is 0 Å². The maximum absolute atomic E-state index is 12.6. The number of rotatable bonds is 6. The molecule has 0 aromatic heterocycles. The zero-order valence-electron chi connectivity index (χ0n) is 14.5. The van der Waals surface area contributed by atoms with Gasteiger partial charge < -0.3 is 9.64 Å². The summed E-state index contributed by atoms with van der Waals surface area (Å²) in [5.74, 6) is 0.0922. The summed E-state index contributed by atoms with van der Waals surface area (Å²) in [6.45, 7) is 11.1. The van der Waals surface area contributed by atoms with Gasteiger partial charge in [-0.1, -0.05) is 35.9 Å². The third kappa shape index (κ3) is 5.81. The van der Waals surface area contributed by atoms with Gasteiger partial charge in [-0.15, -0.1) is 0 Å². The van der Waals surface area contributed by atoms with Crippen LogP contribution in [0.5, 0.6) is 0 Å². The van der Waals surface area contributed by atoms with E-state index in [0.717, 1.165) is 44.0 Å². The summed E-state index contributed by atoms with van der Waals surface area (Å²) in [6.07, 6.45) is 1.73. The summed E-state index contributed by atoms with van der Waals surface area (Å²) >= 11 is 0. The molecule has 1 heterocycles. The molecule has 126 valence electrons. The highest BCUT2D eigenvalue weighted by Crippen LogP contribution is 2.12. The quantitative estimate of drug-likeness (QED) is 0.757. The molecule has 0 unspecified atom stereocenters. The minimum atomic E-state index is 0.0922. The van der Waals surface area contributed by atoms with Gasteiger partial charge in [-0.3, -0.25) is 9.69 Å². The summed E-state index contributed by atoms with van der Waals surface area (Å²) < 4.78 is 5.41. The van der Waals surface area contributed by atoms with E-state index in [1.165, 1.54) is 0 Å². The van der Waals surface area contributed by atoms with Crippen LogP contribution < -0.4 is 0 Å². The fourth-order valence-electron chi connectivity index (χ4n) is 2.82. The van der Waals surface area contributed by atoms with Crippen LogP contribution in [0.15, 0.2) is 42.0 Å². The van der Waals surface area contributed by atoms with Crippen LogP contribution in [0.3, 0.4) is 0 Å². The van der Waals surface area contributed by atoms with E-state index in [1.54, 1.807) is 6.08 Å². The average molecular weight is 316 g/mol. The molecule has 1 aromatic rings. The van der Waals surface area contributed by atoms with E-state index < -0.39 is 0 Å². The van der Waals surface area contributed by atoms with Crippen molar-refractivity contribution in [1.82, 2.24) is 9.80 Å². The molecule has 1 saturated heterocycles. The summed E-state index contributed by atoms with van der Waals surface area (Å²) in [7, 11) is 0. The van der Waals surface area contributed by atoms with Gasteiger partial charge >= 0.3 is 0 Å². The van der Waals surface area contributed by atoms with Gasteiger partial charge in [0.25, 0.3) is 0 Å². The van der Waals surface area contributed by atoms with Gasteiger partial charge in [0, 0.05) is 38.3 Å². The zero-order chi connectivity index (χ0) is 16.7. The first-order valence-electron chi connectivity index (χ1n) is 8.36. The number of ether oxygens (including phenoxy) is 1. The smallest absolute Gasteiger partial charge is 0.247 e.